The van der Waals surface area contributed by atoms with Gasteiger partial charge in [0.15, 0.2) is 11.5 Å². The van der Waals surface area contributed by atoms with Crippen molar-refractivity contribution in [2.24, 2.45) is 0 Å². The van der Waals surface area contributed by atoms with Gasteiger partial charge in [-0.2, -0.15) is 0 Å². The SMILES string of the molecule is CCOc1ccc(CCNC(=O)c2sc(COc3ccc(C)cc3)nc2C)cc1OCC. The van der Waals surface area contributed by atoms with Gasteiger partial charge in [0, 0.05) is 6.54 Å². The lowest BCUT2D eigenvalue weighted by Gasteiger charge is -2.12. The predicted octanol–water partition coefficient (Wildman–Crippen LogP) is 5.11. The van der Waals surface area contributed by atoms with E-state index in [2.05, 4.69) is 10.3 Å². The van der Waals surface area contributed by atoms with E-state index in [1.54, 1.807) is 0 Å². The van der Waals surface area contributed by atoms with Crippen LogP contribution in [-0.2, 0) is 13.0 Å². The maximum Gasteiger partial charge on any atom is 0.263 e. The number of amides is 1. The molecule has 1 aromatic heterocycles. The Morgan fingerprint density at radius 3 is 2.41 bits per heavy atom. The Morgan fingerprint density at radius 2 is 1.69 bits per heavy atom. The lowest BCUT2D eigenvalue weighted by Crippen LogP contribution is -2.25. The summed E-state index contributed by atoms with van der Waals surface area (Å²) in [5.74, 6) is 2.14. The summed E-state index contributed by atoms with van der Waals surface area (Å²) in [6.07, 6.45) is 0.694. The number of hydrogen-bond donors (Lipinski definition) is 1. The number of thiazole rings is 1. The highest BCUT2D eigenvalue weighted by molar-refractivity contribution is 7.13. The molecule has 0 bridgehead atoms. The molecule has 32 heavy (non-hydrogen) atoms. The van der Waals surface area contributed by atoms with Gasteiger partial charge in [-0.1, -0.05) is 23.8 Å². The van der Waals surface area contributed by atoms with E-state index in [0.29, 0.717) is 37.7 Å². The Kier molecular flexibility index (Phi) is 8.50. The molecule has 3 aromatic rings. The highest BCUT2D eigenvalue weighted by atomic mass is 32.1. The number of carbonyl (C=O) groups is 1. The minimum Gasteiger partial charge on any atom is -0.490 e. The number of rotatable bonds is 11. The van der Waals surface area contributed by atoms with E-state index >= 15 is 0 Å². The van der Waals surface area contributed by atoms with Gasteiger partial charge < -0.3 is 19.5 Å². The second kappa shape index (κ2) is 11.5. The fraction of sp³-hybridized carbons (Fsp3) is 0.360. The molecule has 6 nitrogen and oxygen atoms in total. The summed E-state index contributed by atoms with van der Waals surface area (Å²) in [5.41, 5.74) is 2.97. The van der Waals surface area contributed by atoms with Gasteiger partial charge in [-0.05, 0) is 63.9 Å². The third kappa shape index (κ3) is 6.47. The number of ether oxygens (including phenoxy) is 3. The molecule has 1 heterocycles. The summed E-state index contributed by atoms with van der Waals surface area (Å²) in [5, 5.41) is 3.77. The van der Waals surface area contributed by atoms with Crippen molar-refractivity contribution in [2.45, 2.75) is 40.7 Å². The van der Waals surface area contributed by atoms with E-state index in [1.807, 2.05) is 70.2 Å². The van der Waals surface area contributed by atoms with Crippen molar-refractivity contribution in [3.05, 3.63) is 69.2 Å². The maximum absolute atomic E-state index is 12.7. The molecule has 0 aliphatic carbocycles. The van der Waals surface area contributed by atoms with Gasteiger partial charge in [0.1, 0.15) is 22.2 Å². The van der Waals surface area contributed by atoms with Gasteiger partial charge in [-0.15, -0.1) is 11.3 Å². The number of aromatic nitrogens is 1. The number of aryl methyl sites for hydroxylation is 2. The third-order valence-electron chi connectivity index (χ3n) is 4.74. The molecule has 0 radical (unpaired) electrons. The quantitative estimate of drug-likeness (QED) is 0.436. The second-order valence-corrected chi connectivity index (χ2v) is 8.36. The van der Waals surface area contributed by atoms with Crippen LogP contribution < -0.4 is 19.5 Å². The van der Waals surface area contributed by atoms with Crippen LogP contribution in [0.3, 0.4) is 0 Å². The van der Waals surface area contributed by atoms with Crippen molar-refractivity contribution in [2.75, 3.05) is 19.8 Å². The molecule has 7 heteroatoms. The van der Waals surface area contributed by atoms with E-state index in [1.165, 1.54) is 16.9 Å². The van der Waals surface area contributed by atoms with Crippen molar-refractivity contribution in [1.82, 2.24) is 10.3 Å². The van der Waals surface area contributed by atoms with Crippen LogP contribution in [0.4, 0.5) is 0 Å². The Morgan fingerprint density at radius 1 is 0.969 bits per heavy atom. The van der Waals surface area contributed by atoms with Crippen LogP contribution in [0.25, 0.3) is 0 Å². The first-order chi connectivity index (χ1) is 15.5. The Bertz CT molecular complexity index is 1030. The van der Waals surface area contributed by atoms with E-state index in [4.69, 9.17) is 14.2 Å². The second-order valence-electron chi connectivity index (χ2n) is 7.28. The molecule has 1 N–H and O–H groups in total. The summed E-state index contributed by atoms with van der Waals surface area (Å²) in [6.45, 7) is 9.79. The van der Waals surface area contributed by atoms with Crippen LogP contribution in [0, 0.1) is 13.8 Å². The molecule has 0 saturated heterocycles. The van der Waals surface area contributed by atoms with Crippen LogP contribution in [-0.4, -0.2) is 30.6 Å². The number of nitrogens with one attached hydrogen (secondary N) is 1. The molecule has 170 valence electrons. The van der Waals surface area contributed by atoms with Crippen molar-refractivity contribution >= 4 is 17.2 Å². The molecule has 0 atom stereocenters. The van der Waals surface area contributed by atoms with Crippen LogP contribution in [0.1, 0.15) is 45.3 Å². The van der Waals surface area contributed by atoms with Gasteiger partial charge in [0.25, 0.3) is 5.91 Å². The van der Waals surface area contributed by atoms with Crippen molar-refractivity contribution in [1.29, 1.82) is 0 Å². The lowest BCUT2D eigenvalue weighted by molar-refractivity contribution is 0.0957. The van der Waals surface area contributed by atoms with E-state index in [-0.39, 0.29) is 5.91 Å². The largest absolute Gasteiger partial charge is 0.490 e. The lowest BCUT2D eigenvalue weighted by atomic mass is 10.1. The molecule has 1 amide bonds. The normalized spacial score (nSPS) is 10.6. The minimum atomic E-state index is -0.113. The topological polar surface area (TPSA) is 69.7 Å². The van der Waals surface area contributed by atoms with Gasteiger partial charge in [-0.3, -0.25) is 4.79 Å². The van der Waals surface area contributed by atoms with Crippen molar-refractivity contribution in [3.63, 3.8) is 0 Å². The van der Waals surface area contributed by atoms with E-state index in [9.17, 15) is 4.79 Å². The first kappa shape index (κ1) is 23.6. The van der Waals surface area contributed by atoms with Gasteiger partial charge in [-0.25, -0.2) is 4.98 Å². The van der Waals surface area contributed by atoms with Gasteiger partial charge in [0.05, 0.1) is 18.9 Å². The number of hydrogen-bond acceptors (Lipinski definition) is 6. The van der Waals surface area contributed by atoms with Crippen LogP contribution in [0.15, 0.2) is 42.5 Å². The first-order valence-electron chi connectivity index (χ1n) is 10.8. The minimum absolute atomic E-state index is 0.113. The Hall–Kier alpha value is -3.06. The fourth-order valence-electron chi connectivity index (χ4n) is 3.16. The number of carbonyl (C=O) groups excluding carboxylic acids is 1. The monoisotopic (exact) mass is 454 g/mol. The smallest absolute Gasteiger partial charge is 0.263 e. The third-order valence-corrected chi connectivity index (χ3v) is 5.87. The zero-order chi connectivity index (χ0) is 22.9. The Labute approximate surface area is 193 Å². The predicted molar refractivity (Wildman–Crippen MR) is 127 cm³/mol. The van der Waals surface area contributed by atoms with E-state index in [0.717, 1.165) is 33.5 Å². The van der Waals surface area contributed by atoms with E-state index < -0.39 is 0 Å². The molecule has 2 aromatic carbocycles. The zero-order valence-electron chi connectivity index (χ0n) is 19.1. The summed E-state index contributed by atoms with van der Waals surface area (Å²) in [4.78, 5) is 17.8. The average molecular weight is 455 g/mol. The molecular formula is C25H30N2O4S. The van der Waals surface area contributed by atoms with Gasteiger partial charge >= 0.3 is 0 Å². The summed E-state index contributed by atoms with van der Waals surface area (Å²) < 4.78 is 17.1. The highest BCUT2D eigenvalue weighted by Gasteiger charge is 2.15. The summed E-state index contributed by atoms with van der Waals surface area (Å²) in [6, 6.07) is 13.8. The molecule has 0 spiro atoms. The molecule has 0 fully saturated rings. The van der Waals surface area contributed by atoms with Crippen LogP contribution in [0.2, 0.25) is 0 Å². The van der Waals surface area contributed by atoms with Crippen molar-refractivity contribution in [3.8, 4) is 17.2 Å². The maximum atomic E-state index is 12.7. The molecule has 0 saturated carbocycles. The highest BCUT2D eigenvalue weighted by Crippen LogP contribution is 2.28. The van der Waals surface area contributed by atoms with Crippen LogP contribution in [0.5, 0.6) is 17.2 Å². The molecule has 0 aliphatic rings. The standard InChI is InChI=1S/C25H30N2O4S/c1-5-29-21-12-9-19(15-22(21)30-6-2)13-14-26-25(28)24-18(4)27-23(32-24)16-31-20-10-7-17(3)8-11-20/h7-12,15H,5-6,13-14,16H2,1-4H3,(H,26,28). The van der Waals surface area contributed by atoms with Crippen LogP contribution >= 0.6 is 11.3 Å². The molecule has 0 aliphatic heterocycles. The molecule has 0 unspecified atom stereocenters. The van der Waals surface area contributed by atoms with Crippen molar-refractivity contribution < 1.29 is 19.0 Å². The Balaban J connectivity index is 1.53. The average Bonchev–Trinajstić information content (AvgIpc) is 3.16. The summed E-state index contributed by atoms with van der Waals surface area (Å²) >= 11 is 1.37. The molecular weight excluding hydrogens is 424 g/mol. The number of benzene rings is 2. The first-order valence-corrected chi connectivity index (χ1v) is 11.6. The van der Waals surface area contributed by atoms with Gasteiger partial charge in [0.2, 0.25) is 0 Å². The fourth-order valence-corrected chi connectivity index (χ4v) is 4.05. The number of nitrogens with zero attached hydrogens (tertiary/aromatic N) is 1. The zero-order valence-corrected chi connectivity index (χ0v) is 19.9. The molecule has 3 rings (SSSR count). The summed E-state index contributed by atoms with van der Waals surface area (Å²) in [7, 11) is 0.